The van der Waals surface area contributed by atoms with Gasteiger partial charge in [0.2, 0.25) is 0 Å². The lowest BCUT2D eigenvalue weighted by Gasteiger charge is -2.01. The quantitative estimate of drug-likeness (QED) is 0.414. The number of hydrogen-bond acceptors (Lipinski definition) is 2. The third kappa shape index (κ3) is 2.73. The average Bonchev–Trinajstić information content (AvgIpc) is 2.26. The number of ether oxygens (including phenoxy) is 1. The minimum atomic E-state index is -0.00991. The lowest BCUT2D eigenvalue weighted by molar-refractivity contribution is 0.104. The second-order valence-corrected chi connectivity index (χ2v) is 2.90. The van der Waals surface area contributed by atoms with Crippen LogP contribution in [0.5, 0.6) is 0 Å². The van der Waals surface area contributed by atoms with E-state index in [4.69, 9.17) is 4.74 Å². The van der Waals surface area contributed by atoms with Crippen molar-refractivity contribution in [3.63, 3.8) is 0 Å². The van der Waals surface area contributed by atoms with E-state index in [1.807, 2.05) is 25.1 Å². The molecule has 0 spiro atoms. The van der Waals surface area contributed by atoms with Crippen molar-refractivity contribution in [2.24, 2.45) is 0 Å². The summed E-state index contributed by atoms with van der Waals surface area (Å²) >= 11 is 0. The molecule has 0 heterocycles. The Hall–Kier alpha value is -1.57. The number of benzene rings is 1. The second-order valence-electron chi connectivity index (χ2n) is 2.90. The third-order valence-corrected chi connectivity index (χ3v) is 1.96. The molecular formula is C12H14O2. The lowest BCUT2D eigenvalue weighted by atomic mass is 10.1. The molecule has 1 rings (SSSR count). The highest BCUT2D eigenvalue weighted by atomic mass is 16.5. The summed E-state index contributed by atoms with van der Waals surface area (Å²) in [6.45, 7) is 1.95. The molecule has 0 bridgehead atoms. The van der Waals surface area contributed by atoms with Crippen LogP contribution >= 0.6 is 0 Å². The standard InChI is InChI=1S/C12H14O2/c1-3-11(14-2)9-12(13)10-7-5-4-6-8-10/h4-9H,3H2,1-2H3/b11-9-. The average molecular weight is 190 g/mol. The molecule has 0 radical (unpaired) electrons. The van der Waals surface area contributed by atoms with E-state index >= 15 is 0 Å². The fraction of sp³-hybridized carbons (Fsp3) is 0.250. The molecule has 14 heavy (non-hydrogen) atoms. The van der Waals surface area contributed by atoms with Gasteiger partial charge in [0.25, 0.3) is 0 Å². The van der Waals surface area contributed by atoms with Crippen molar-refractivity contribution in [2.75, 3.05) is 7.11 Å². The number of carbonyl (C=O) groups is 1. The van der Waals surface area contributed by atoms with E-state index in [1.54, 1.807) is 19.2 Å². The Morgan fingerprint density at radius 2 is 2.00 bits per heavy atom. The van der Waals surface area contributed by atoms with Crippen molar-refractivity contribution in [2.45, 2.75) is 13.3 Å². The fourth-order valence-corrected chi connectivity index (χ4v) is 1.14. The predicted molar refractivity (Wildman–Crippen MR) is 56.2 cm³/mol. The van der Waals surface area contributed by atoms with E-state index < -0.39 is 0 Å². The molecule has 0 aliphatic rings. The van der Waals surface area contributed by atoms with E-state index in [0.717, 1.165) is 6.42 Å². The number of carbonyl (C=O) groups excluding carboxylic acids is 1. The zero-order valence-electron chi connectivity index (χ0n) is 8.49. The first kappa shape index (κ1) is 10.5. The van der Waals surface area contributed by atoms with Gasteiger partial charge in [0.1, 0.15) is 0 Å². The Kier molecular flexibility index (Phi) is 3.92. The van der Waals surface area contributed by atoms with Crippen LogP contribution in [0, 0.1) is 0 Å². The molecule has 0 unspecified atom stereocenters. The lowest BCUT2D eigenvalue weighted by Crippen LogP contribution is -1.97. The second kappa shape index (κ2) is 5.22. The summed E-state index contributed by atoms with van der Waals surface area (Å²) in [6, 6.07) is 9.17. The largest absolute Gasteiger partial charge is 0.501 e. The summed E-state index contributed by atoms with van der Waals surface area (Å²) in [5.41, 5.74) is 0.690. The molecule has 0 atom stereocenters. The zero-order valence-corrected chi connectivity index (χ0v) is 8.49. The molecule has 1 aromatic rings. The van der Waals surface area contributed by atoms with Crippen molar-refractivity contribution in [1.82, 2.24) is 0 Å². The molecule has 0 N–H and O–H groups in total. The maximum absolute atomic E-state index is 11.6. The molecule has 2 nitrogen and oxygen atoms in total. The van der Waals surface area contributed by atoms with Crippen molar-refractivity contribution < 1.29 is 9.53 Å². The smallest absolute Gasteiger partial charge is 0.189 e. The van der Waals surface area contributed by atoms with Crippen LogP contribution in [0.25, 0.3) is 0 Å². The zero-order chi connectivity index (χ0) is 10.4. The Morgan fingerprint density at radius 1 is 1.36 bits per heavy atom. The predicted octanol–water partition coefficient (Wildman–Crippen LogP) is 2.81. The van der Waals surface area contributed by atoms with Crippen molar-refractivity contribution >= 4 is 5.78 Å². The van der Waals surface area contributed by atoms with E-state index in [2.05, 4.69) is 0 Å². The highest BCUT2D eigenvalue weighted by Gasteiger charge is 2.02. The summed E-state index contributed by atoms with van der Waals surface area (Å²) in [4.78, 5) is 11.6. The normalized spacial score (nSPS) is 11.1. The van der Waals surface area contributed by atoms with Crippen molar-refractivity contribution in [1.29, 1.82) is 0 Å². The van der Waals surface area contributed by atoms with Gasteiger partial charge < -0.3 is 4.74 Å². The number of allylic oxidation sites excluding steroid dienone is 2. The van der Waals surface area contributed by atoms with Crippen LogP contribution in [-0.4, -0.2) is 12.9 Å². The molecule has 74 valence electrons. The van der Waals surface area contributed by atoms with E-state index in [0.29, 0.717) is 11.3 Å². The molecule has 1 aromatic carbocycles. The monoisotopic (exact) mass is 190 g/mol. The summed E-state index contributed by atoms with van der Waals surface area (Å²) in [5, 5.41) is 0. The molecular weight excluding hydrogens is 176 g/mol. The van der Waals surface area contributed by atoms with Gasteiger partial charge in [-0.3, -0.25) is 4.79 Å². The molecule has 0 aromatic heterocycles. The maximum atomic E-state index is 11.6. The van der Waals surface area contributed by atoms with Crippen molar-refractivity contribution in [3.05, 3.63) is 47.7 Å². The van der Waals surface area contributed by atoms with Gasteiger partial charge in [0, 0.05) is 18.1 Å². The molecule has 2 heteroatoms. The first-order valence-corrected chi connectivity index (χ1v) is 4.62. The Bertz CT molecular complexity index is 319. The van der Waals surface area contributed by atoms with Gasteiger partial charge in [-0.15, -0.1) is 0 Å². The molecule has 0 saturated heterocycles. The van der Waals surface area contributed by atoms with E-state index in [1.165, 1.54) is 6.08 Å². The van der Waals surface area contributed by atoms with Gasteiger partial charge in [-0.25, -0.2) is 0 Å². The number of hydrogen-bond donors (Lipinski definition) is 0. The number of methoxy groups -OCH3 is 1. The minimum absolute atomic E-state index is 0.00991. The van der Waals surface area contributed by atoms with Crippen LogP contribution in [0.4, 0.5) is 0 Å². The molecule has 0 aliphatic carbocycles. The molecule has 0 saturated carbocycles. The SMILES string of the molecule is CC/C(=C/C(=O)c1ccccc1)OC. The first-order chi connectivity index (χ1) is 6.77. The summed E-state index contributed by atoms with van der Waals surface area (Å²) in [5.74, 6) is 0.697. The molecule has 0 fully saturated rings. The van der Waals surface area contributed by atoms with Crippen molar-refractivity contribution in [3.8, 4) is 0 Å². The van der Waals surface area contributed by atoms with Crippen LogP contribution in [0.1, 0.15) is 23.7 Å². The summed E-state index contributed by atoms with van der Waals surface area (Å²) < 4.78 is 5.03. The van der Waals surface area contributed by atoms with E-state index in [9.17, 15) is 4.79 Å². The Morgan fingerprint density at radius 3 is 2.50 bits per heavy atom. The summed E-state index contributed by atoms with van der Waals surface area (Å²) in [6.07, 6.45) is 2.27. The first-order valence-electron chi connectivity index (χ1n) is 4.62. The Labute approximate surface area is 84.2 Å². The van der Waals surface area contributed by atoms with Gasteiger partial charge in [-0.05, 0) is 0 Å². The number of ketones is 1. The van der Waals surface area contributed by atoms with Gasteiger partial charge in [0.15, 0.2) is 5.78 Å². The van der Waals surface area contributed by atoms with Gasteiger partial charge in [-0.2, -0.15) is 0 Å². The minimum Gasteiger partial charge on any atom is -0.501 e. The fourth-order valence-electron chi connectivity index (χ4n) is 1.14. The molecule has 0 aliphatic heterocycles. The van der Waals surface area contributed by atoms with Crippen LogP contribution in [0.15, 0.2) is 42.2 Å². The highest BCUT2D eigenvalue weighted by Crippen LogP contribution is 2.06. The van der Waals surface area contributed by atoms with E-state index in [-0.39, 0.29) is 5.78 Å². The molecule has 0 amide bonds. The van der Waals surface area contributed by atoms with Gasteiger partial charge in [0.05, 0.1) is 12.9 Å². The van der Waals surface area contributed by atoms with Gasteiger partial charge in [-0.1, -0.05) is 37.3 Å². The van der Waals surface area contributed by atoms with Gasteiger partial charge >= 0.3 is 0 Å². The van der Waals surface area contributed by atoms with Crippen LogP contribution in [0.3, 0.4) is 0 Å². The Balaban J connectivity index is 2.82. The number of rotatable bonds is 4. The third-order valence-electron chi connectivity index (χ3n) is 1.96. The topological polar surface area (TPSA) is 26.3 Å². The highest BCUT2D eigenvalue weighted by molar-refractivity contribution is 6.04. The van der Waals surface area contributed by atoms with Crippen LogP contribution < -0.4 is 0 Å². The van der Waals surface area contributed by atoms with Crippen LogP contribution in [-0.2, 0) is 4.74 Å². The summed E-state index contributed by atoms with van der Waals surface area (Å²) in [7, 11) is 1.58. The van der Waals surface area contributed by atoms with Crippen LogP contribution in [0.2, 0.25) is 0 Å². The maximum Gasteiger partial charge on any atom is 0.189 e.